The highest BCUT2D eigenvalue weighted by Crippen LogP contribution is 2.31. The Bertz CT molecular complexity index is 789. The normalized spacial score (nSPS) is 11.2. The van der Waals surface area contributed by atoms with Gasteiger partial charge < -0.3 is 10.4 Å². The Labute approximate surface area is 140 Å². The minimum absolute atomic E-state index is 0.0209. The molecule has 0 saturated carbocycles. The average molecular weight is 354 g/mol. The molecule has 0 heterocycles. The highest BCUT2D eigenvalue weighted by Gasteiger charge is 2.40. The molecule has 0 aliphatic carbocycles. The van der Waals surface area contributed by atoms with Crippen molar-refractivity contribution in [2.45, 2.75) is 12.6 Å². The van der Waals surface area contributed by atoms with Gasteiger partial charge in [0.2, 0.25) is 0 Å². The smallest absolute Gasteiger partial charge is 0.396 e. The molecule has 2 N–H and O–H groups in total. The van der Waals surface area contributed by atoms with Gasteiger partial charge in [-0.1, -0.05) is 12.1 Å². The Morgan fingerprint density at radius 1 is 1.16 bits per heavy atom. The lowest BCUT2D eigenvalue weighted by Gasteiger charge is -2.10. The molecule has 0 saturated heterocycles. The predicted octanol–water partition coefficient (Wildman–Crippen LogP) is 3.62. The molecule has 0 spiro atoms. The minimum atomic E-state index is -5.11. The zero-order valence-electron chi connectivity index (χ0n) is 12.7. The van der Waals surface area contributed by atoms with Crippen LogP contribution in [0.1, 0.15) is 15.9 Å². The molecule has 0 atom stereocenters. The number of hydrogen-bond acceptors (Lipinski definition) is 5. The van der Waals surface area contributed by atoms with Gasteiger partial charge in [0.1, 0.15) is 5.69 Å². The number of nitro groups is 1. The number of anilines is 2. The first-order valence-electron chi connectivity index (χ1n) is 7.09. The van der Waals surface area contributed by atoms with Crippen molar-refractivity contribution in [3.63, 3.8) is 0 Å². The molecule has 0 fully saturated rings. The lowest BCUT2D eigenvalue weighted by atomic mass is 10.1. The summed E-state index contributed by atoms with van der Waals surface area (Å²) in [6.07, 6.45) is -4.65. The molecule has 2 aromatic carbocycles. The molecule has 6 nitrogen and oxygen atoms in total. The van der Waals surface area contributed by atoms with E-state index >= 15 is 0 Å². The lowest BCUT2D eigenvalue weighted by molar-refractivity contribution is -0.383. The molecule has 2 aromatic rings. The fourth-order valence-corrected chi connectivity index (χ4v) is 2.13. The Balaban J connectivity index is 2.31. The van der Waals surface area contributed by atoms with Crippen molar-refractivity contribution < 1.29 is 28.0 Å². The van der Waals surface area contributed by atoms with Gasteiger partial charge in [-0.3, -0.25) is 14.9 Å². The molecule has 0 amide bonds. The van der Waals surface area contributed by atoms with Gasteiger partial charge in [-0.25, -0.2) is 0 Å². The summed E-state index contributed by atoms with van der Waals surface area (Å²) < 4.78 is 37.4. The molecule has 0 aliphatic rings. The number of hydrogen-bond donors (Lipinski definition) is 2. The van der Waals surface area contributed by atoms with E-state index in [0.717, 1.165) is 17.7 Å². The summed E-state index contributed by atoms with van der Waals surface area (Å²) in [4.78, 5) is 21.5. The maximum atomic E-state index is 12.5. The topological polar surface area (TPSA) is 92.5 Å². The standard InChI is InChI=1S/C16H13F3N2O4/c17-16(18,19)15(23)11-3-6-13(14(9-11)21(24)25)20-12-4-1-10(2-5-12)7-8-22/h1-6,9,20,22H,7-8H2. The fourth-order valence-electron chi connectivity index (χ4n) is 2.13. The number of ketones is 1. The number of rotatable bonds is 6. The molecular weight excluding hydrogens is 341 g/mol. The van der Waals surface area contributed by atoms with Crippen LogP contribution in [0.2, 0.25) is 0 Å². The fraction of sp³-hybridized carbons (Fsp3) is 0.188. The number of carbonyl (C=O) groups is 1. The van der Waals surface area contributed by atoms with E-state index in [1.54, 1.807) is 24.3 Å². The van der Waals surface area contributed by atoms with Gasteiger partial charge in [0.05, 0.1) is 4.92 Å². The number of nitrogens with one attached hydrogen (secondary N) is 1. The Morgan fingerprint density at radius 2 is 1.80 bits per heavy atom. The van der Waals surface area contributed by atoms with Crippen molar-refractivity contribution in [1.29, 1.82) is 0 Å². The van der Waals surface area contributed by atoms with E-state index in [2.05, 4.69) is 5.32 Å². The van der Waals surface area contributed by atoms with E-state index in [0.29, 0.717) is 18.2 Å². The van der Waals surface area contributed by atoms with E-state index in [1.807, 2.05) is 0 Å². The molecule has 132 valence electrons. The van der Waals surface area contributed by atoms with Gasteiger partial charge >= 0.3 is 6.18 Å². The third kappa shape index (κ3) is 4.54. The Morgan fingerprint density at radius 3 is 2.32 bits per heavy atom. The van der Waals surface area contributed by atoms with Crippen LogP contribution in [0.4, 0.5) is 30.2 Å². The highest BCUT2D eigenvalue weighted by atomic mass is 19.4. The molecule has 0 aliphatic heterocycles. The average Bonchev–Trinajstić information content (AvgIpc) is 2.55. The Hall–Kier alpha value is -2.94. The van der Waals surface area contributed by atoms with Crippen LogP contribution >= 0.6 is 0 Å². The number of alkyl halides is 3. The van der Waals surface area contributed by atoms with E-state index in [1.165, 1.54) is 0 Å². The molecule has 0 aromatic heterocycles. The molecule has 0 radical (unpaired) electrons. The van der Waals surface area contributed by atoms with Crippen LogP contribution < -0.4 is 5.32 Å². The summed E-state index contributed by atoms with van der Waals surface area (Å²) in [6.45, 7) is -0.0209. The number of benzene rings is 2. The first-order valence-corrected chi connectivity index (χ1v) is 7.09. The van der Waals surface area contributed by atoms with Crippen molar-refractivity contribution in [3.8, 4) is 0 Å². The highest BCUT2D eigenvalue weighted by molar-refractivity contribution is 6.01. The quantitative estimate of drug-likeness (QED) is 0.470. The number of halogens is 3. The molecule has 9 heteroatoms. The van der Waals surface area contributed by atoms with E-state index < -0.39 is 28.1 Å². The van der Waals surface area contributed by atoms with Crippen molar-refractivity contribution in [2.75, 3.05) is 11.9 Å². The molecule has 2 rings (SSSR count). The predicted molar refractivity (Wildman–Crippen MR) is 84.0 cm³/mol. The van der Waals surface area contributed by atoms with Crippen LogP contribution in [-0.4, -0.2) is 28.6 Å². The third-order valence-corrected chi connectivity index (χ3v) is 3.35. The number of carbonyl (C=O) groups excluding carboxylic acids is 1. The Kier molecular flexibility index (Phi) is 5.38. The summed E-state index contributed by atoms with van der Waals surface area (Å²) in [6, 6.07) is 9.16. The van der Waals surface area contributed by atoms with E-state index in [-0.39, 0.29) is 12.3 Å². The number of Topliss-reactive ketones (excluding diaryl/α,β-unsaturated/α-hetero) is 1. The number of aliphatic hydroxyl groups is 1. The molecule has 25 heavy (non-hydrogen) atoms. The van der Waals surface area contributed by atoms with Crippen LogP contribution in [0.15, 0.2) is 42.5 Å². The third-order valence-electron chi connectivity index (χ3n) is 3.35. The second-order valence-corrected chi connectivity index (χ2v) is 5.11. The van der Waals surface area contributed by atoms with E-state index in [9.17, 15) is 28.1 Å². The summed E-state index contributed by atoms with van der Waals surface area (Å²) in [7, 11) is 0. The molecule has 0 unspecified atom stereocenters. The first-order chi connectivity index (χ1) is 11.7. The van der Waals surface area contributed by atoms with Crippen LogP contribution in [-0.2, 0) is 6.42 Å². The minimum Gasteiger partial charge on any atom is -0.396 e. The van der Waals surface area contributed by atoms with Crippen LogP contribution in [0.25, 0.3) is 0 Å². The van der Waals surface area contributed by atoms with Gasteiger partial charge in [0.25, 0.3) is 11.5 Å². The van der Waals surface area contributed by atoms with Crippen LogP contribution in [0.5, 0.6) is 0 Å². The summed E-state index contributed by atoms with van der Waals surface area (Å²) in [5.41, 5.74) is -0.162. The van der Waals surface area contributed by atoms with Crippen molar-refractivity contribution >= 4 is 22.8 Å². The van der Waals surface area contributed by atoms with Crippen molar-refractivity contribution in [3.05, 3.63) is 63.7 Å². The van der Waals surface area contributed by atoms with Gasteiger partial charge in [-0.15, -0.1) is 0 Å². The zero-order valence-corrected chi connectivity index (χ0v) is 12.7. The van der Waals surface area contributed by atoms with Crippen molar-refractivity contribution in [1.82, 2.24) is 0 Å². The van der Waals surface area contributed by atoms with Crippen LogP contribution in [0, 0.1) is 10.1 Å². The van der Waals surface area contributed by atoms with E-state index in [4.69, 9.17) is 5.11 Å². The number of aliphatic hydroxyl groups excluding tert-OH is 1. The van der Waals surface area contributed by atoms with Gasteiger partial charge in [0.15, 0.2) is 0 Å². The van der Waals surface area contributed by atoms with Gasteiger partial charge in [-0.2, -0.15) is 13.2 Å². The maximum absolute atomic E-state index is 12.5. The SMILES string of the molecule is O=C(c1ccc(Nc2ccc(CCO)cc2)c([N+](=O)[O-])c1)C(F)(F)F. The lowest BCUT2D eigenvalue weighted by Crippen LogP contribution is -2.22. The number of nitrogens with zero attached hydrogens (tertiary/aromatic N) is 1. The second-order valence-electron chi connectivity index (χ2n) is 5.11. The van der Waals surface area contributed by atoms with Gasteiger partial charge in [-0.05, 0) is 36.2 Å². The molecule has 0 bridgehead atoms. The second kappa shape index (κ2) is 7.31. The largest absolute Gasteiger partial charge is 0.454 e. The summed E-state index contributed by atoms with van der Waals surface area (Å²) >= 11 is 0. The maximum Gasteiger partial charge on any atom is 0.454 e. The monoisotopic (exact) mass is 354 g/mol. The number of nitro benzene ring substituents is 1. The summed E-state index contributed by atoms with van der Waals surface area (Å²) in [5, 5.41) is 22.7. The van der Waals surface area contributed by atoms with Crippen molar-refractivity contribution in [2.24, 2.45) is 0 Å². The van der Waals surface area contributed by atoms with Crippen LogP contribution in [0.3, 0.4) is 0 Å². The first kappa shape index (κ1) is 18.4. The van der Waals surface area contributed by atoms with Gasteiger partial charge in [0, 0.05) is 23.9 Å². The zero-order chi connectivity index (χ0) is 18.6. The molecular formula is C16H13F3N2O4. The summed E-state index contributed by atoms with van der Waals surface area (Å²) in [5.74, 6) is -2.14.